The highest BCUT2D eigenvalue weighted by atomic mass is 79.9. The van der Waals surface area contributed by atoms with Gasteiger partial charge >= 0.3 is 0 Å². The number of methoxy groups -OCH3 is 1. The molecule has 2 aromatic rings. The van der Waals surface area contributed by atoms with Gasteiger partial charge in [-0.3, -0.25) is 4.79 Å². The van der Waals surface area contributed by atoms with Gasteiger partial charge < -0.3 is 14.8 Å². The number of ether oxygens (including phenoxy) is 2. The van der Waals surface area contributed by atoms with Crippen LogP contribution >= 0.6 is 15.9 Å². The quantitative estimate of drug-likeness (QED) is 0.743. The molecule has 0 spiro atoms. The number of halogens is 1. The Morgan fingerprint density at radius 1 is 1.25 bits per heavy atom. The van der Waals surface area contributed by atoms with Crippen molar-refractivity contribution in [2.75, 3.05) is 19.0 Å². The first-order chi connectivity index (χ1) is 11.5. The van der Waals surface area contributed by atoms with Gasteiger partial charge in [-0.15, -0.1) is 0 Å². The predicted octanol–water partition coefficient (Wildman–Crippen LogP) is 5.12. The molecule has 0 aliphatic rings. The molecule has 1 amide bonds. The third-order valence-electron chi connectivity index (χ3n) is 3.79. The van der Waals surface area contributed by atoms with E-state index in [1.165, 1.54) is 0 Å². The summed E-state index contributed by atoms with van der Waals surface area (Å²) in [4.78, 5) is 12.6. The molecule has 5 heteroatoms. The van der Waals surface area contributed by atoms with E-state index in [1.54, 1.807) is 19.2 Å². The van der Waals surface area contributed by atoms with Crippen LogP contribution in [0.2, 0.25) is 0 Å². The summed E-state index contributed by atoms with van der Waals surface area (Å²) in [7, 11) is 1.56. The SMILES string of the molecule is CCCOc1c(Br)cc(C(=O)Nc2cccc(C)c2C)cc1OC. The molecule has 4 nitrogen and oxygen atoms in total. The lowest BCUT2D eigenvalue weighted by molar-refractivity contribution is 0.102. The van der Waals surface area contributed by atoms with E-state index in [-0.39, 0.29) is 5.91 Å². The number of carbonyl (C=O) groups excluding carboxylic acids is 1. The van der Waals surface area contributed by atoms with Crippen LogP contribution < -0.4 is 14.8 Å². The molecule has 128 valence electrons. The van der Waals surface area contributed by atoms with Gasteiger partial charge in [0.25, 0.3) is 5.91 Å². The van der Waals surface area contributed by atoms with Crippen LogP contribution in [0.25, 0.3) is 0 Å². The van der Waals surface area contributed by atoms with Gasteiger partial charge in [0.15, 0.2) is 11.5 Å². The van der Waals surface area contributed by atoms with Crippen LogP contribution in [-0.4, -0.2) is 19.6 Å². The Balaban J connectivity index is 2.29. The van der Waals surface area contributed by atoms with E-state index in [9.17, 15) is 4.79 Å². The average molecular weight is 392 g/mol. The van der Waals surface area contributed by atoms with Crippen LogP contribution in [-0.2, 0) is 0 Å². The zero-order chi connectivity index (χ0) is 17.7. The lowest BCUT2D eigenvalue weighted by atomic mass is 10.1. The third kappa shape index (κ3) is 4.09. The highest BCUT2D eigenvalue weighted by molar-refractivity contribution is 9.10. The Hall–Kier alpha value is -2.01. The van der Waals surface area contributed by atoms with E-state index in [1.807, 2.05) is 39.0 Å². The Labute approximate surface area is 151 Å². The fourth-order valence-corrected chi connectivity index (χ4v) is 2.83. The van der Waals surface area contributed by atoms with Crippen LogP contribution in [0.1, 0.15) is 34.8 Å². The van der Waals surface area contributed by atoms with E-state index in [2.05, 4.69) is 21.2 Å². The first-order valence-electron chi connectivity index (χ1n) is 7.85. The zero-order valence-corrected chi connectivity index (χ0v) is 16.0. The highest BCUT2D eigenvalue weighted by Crippen LogP contribution is 2.37. The van der Waals surface area contributed by atoms with E-state index >= 15 is 0 Å². The van der Waals surface area contributed by atoms with Crippen molar-refractivity contribution in [2.24, 2.45) is 0 Å². The molecule has 0 saturated carbocycles. The number of carbonyl (C=O) groups is 1. The maximum Gasteiger partial charge on any atom is 0.255 e. The second kappa shape index (κ2) is 8.20. The fourth-order valence-electron chi connectivity index (χ4n) is 2.28. The number of aryl methyl sites for hydroxylation is 1. The molecule has 0 bridgehead atoms. The number of benzene rings is 2. The van der Waals surface area contributed by atoms with Gasteiger partial charge in [-0.1, -0.05) is 19.1 Å². The van der Waals surface area contributed by atoms with Crippen molar-refractivity contribution in [3.63, 3.8) is 0 Å². The van der Waals surface area contributed by atoms with Crippen molar-refractivity contribution >= 4 is 27.5 Å². The van der Waals surface area contributed by atoms with Crippen LogP contribution in [0, 0.1) is 13.8 Å². The molecule has 0 aliphatic carbocycles. The summed E-state index contributed by atoms with van der Waals surface area (Å²) in [6.07, 6.45) is 0.893. The van der Waals surface area contributed by atoms with Gasteiger partial charge in [-0.25, -0.2) is 0 Å². The highest BCUT2D eigenvalue weighted by Gasteiger charge is 2.16. The molecule has 0 atom stereocenters. The second-order valence-electron chi connectivity index (χ2n) is 5.54. The third-order valence-corrected chi connectivity index (χ3v) is 4.38. The molecule has 0 fully saturated rings. The summed E-state index contributed by atoms with van der Waals surface area (Å²) >= 11 is 3.46. The molecule has 2 aromatic carbocycles. The normalized spacial score (nSPS) is 10.4. The van der Waals surface area contributed by atoms with E-state index < -0.39 is 0 Å². The first-order valence-corrected chi connectivity index (χ1v) is 8.65. The van der Waals surface area contributed by atoms with Crippen molar-refractivity contribution in [1.82, 2.24) is 0 Å². The van der Waals surface area contributed by atoms with Gasteiger partial charge in [-0.2, -0.15) is 0 Å². The minimum atomic E-state index is -0.190. The monoisotopic (exact) mass is 391 g/mol. The summed E-state index contributed by atoms with van der Waals surface area (Å²) in [5.41, 5.74) is 3.50. The molecule has 2 rings (SSSR count). The average Bonchev–Trinajstić information content (AvgIpc) is 2.57. The van der Waals surface area contributed by atoms with Gasteiger partial charge in [0.05, 0.1) is 18.2 Å². The van der Waals surface area contributed by atoms with Gasteiger partial charge in [0.2, 0.25) is 0 Å². The van der Waals surface area contributed by atoms with Crippen molar-refractivity contribution in [3.8, 4) is 11.5 Å². The second-order valence-corrected chi connectivity index (χ2v) is 6.39. The summed E-state index contributed by atoms with van der Waals surface area (Å²) in [6, 6.07) is 9.27. The minimum Gasteiger partial charge on any atom is -0.493 e. The lowest BCUT2D eigenvalue weighted by Crippen LogP contribution is -2.13. The van der Waals surface area contributed by atoms with E-state index in [0.717, 1.165) is 23.2 Å². The maximum absolute atomic E-state index is 12.6. The molecule has 0 radical (unpaired) electrons. The minimum absolute atomic E-state index is 0.190. The molecule has 0 unspecified atom stereocenters. The molecular formula is C19H22BrNO3. The molecule has 0 aliphatic heterocycles. The smallest absolute Gasteiger partial charge is 0.255 e. The standard InChI is InChI=1S/C19H22BrNO3/c1-5-9-24-18-15(20)10-14(11-17(18)23-4)19(22)21-16-8-6-7-12(2)13(16)3/h6-8,10-11H,5,9H2,1-4H3,(H,21,22). The summed E-state index contributed by atoms with van der Waals surface area (Å²) < 4.78 is 11.8. The van der Waals surface area contributed by atoms with Crippen LogP contribution in [0.3, 0.4) is 0 Å². The van der Waals surface area contributed by atoms with Crippen molar-refractivity contribution in [3.05, 3.63) is 51.5 Å². The largest absolute Gasteiger partial charge is 0.493 e. The zero-order valence-electron chi connectivity index (χ0n) is 14.4. The van der Waals surface area contributed by atoms with Crippen LogP contribution in [0.4, 0.5) is 5.69 Å². The summed E-state index contributed by atoms with van der Waals surface area (Å²) in [5.74, 6) is 0.955. The molecule has 0 aromatic heterocycles. The Bertz CT molecular complexity index is 744. The van der Waals surface area contributed by atoms with Gasteiger partial charge in [0, 0.05) is 11.3 Å². The predicted molar refractivity (Wildman–Crippen MR) is 100 cm³/mol. The molecule has 24 heavy (non-hydrogen) atoms. The first kappa shape index (κ1) is 18.3. The topological polar surface area (TPSA) is 47.6 Å². The fraction of sp³-hybridized carbons (Fsp3) is 0.316. The number of rotatable bonds is 6. The summed E-state index contributed by atoms with van der Waals surface area (Å²) in [6.45, 7) is 6.63. The van der Waals surface area contributed by atoms with Crippen LogP contribution in [0.5, 0.6) is 11.5 Å². The number of hydrogen-bond acceptors (Lipinski definition) is 3. The Morgan fingerprint density at radius 3 is 2.67 bits per heavy atom. The molecular weight excluding hydrogens is 370 g/mol. The van der Waals surface area contributed by atoms with Crippen molar-refractivity contribution < 1.29 is 14.3 Å². The van der Waals surface area contributed by atoms with Gasteiger partial charge in [0.1, 0.15) is 0 Å². The lowest BCUT2D eigenvalue weighted by Gasteiger charge is -2.15. The number of hydrogen-bond donors (Lipinski definition) is 1. The number of anilines is 1. The number of amides is 1. The van der Waals surface area contributed by atoms with Gasteiger partial charge in [-0.05, 0) is 65.5 Å². The molecule has 1 N–H and O–H groups in total. The molecule has 0 heterocycles. The van der Waals surface area contributed by atoms with Crippen molar-refractivity contribution in [2.45, 2.75) is 27.2 Å². The van der Waals surface area contributed by atoms with Crippen LogP contribution in [0.15, 0.2) is 34.8 Å². The van der Waals surface area contributed by atoms with Crippen molar-refractivity contribution in [1.29, 1.82) is 0 Å². The molecule has 0 saturated heterocycles. The van der Waals surface area contributed by atoms with E-state index in [4.69, 9.17) is 9.47 Å². The Morgan fingerprint density at radius 2 is 2.00 bits per heavy atom. The van der Waals surface area contributed by atoms with E-state index in [0.29, 0.717) is 28.1 Å². The maximum atomic E-state index is 12.6. The number of nitrogens with one attached hydrogen (secondary N) is 1. The summed E-state index contributed by atoms with van der Waals surface area (Å²) in [5, 5.41) is 2.95. The Kier molecular flexibility index (Phi) is 6.26.